The van der Waals surface area contributed by atoms with Crippen LogP contribution in [0.1, 0.15) is 31.4 Å². The lowest BCUT2D eigenvalue weighted by Crippen LogP contribution is -2.49. The second-order valence-corrected chi connectivity index (χ2v) is 6.84. The van der Waals surface area contributed by atoms with Crippen molar-refractivity contribution in [2.75, 3.05) is 13.7 Å². The number of ether oxygens (including phenoxy) is 1. The maximum absolute atomic E-state index is 13.0. The van der Waals surface area contributed by atoms with Gasteiger partial charge in [0, 0.05) is 18.6 Å². The van der Waals surface area contributed by atoms with Crippen LogP contribution in [0, 0.1) is 0 Å². The van der Waals surface area contributed by atoms with Crippen molar-refractivity contribution in [3.63, 3.8) is 0 Å². The van der Waals surface area contributed by atoms with Gasteiger partial charge >= 0.3 is 0 Å². The van der Waals surface area contributed by atoms with Crippen molar-refractivity contribution in [2.45, 2.75) is 39.3 Å². The Hall–Kier alpha value is -2.53. The summed E-state index contributed by atoms with van der Waals surface area (Å²) in [6, 6.07) is 14.4. The number of benzene rings is 2. The fourth-order valence-corrected chi connectivity index (χ4v) is 3.14. The number of carbonyl (C=O) groups is 2. The van der Waals surface area contributed by atoms with Crippen LogP contribution < -0.4 is 10.1 Å². The lowest BCUT2D eigenvalue weighted by Gasteiger charge is -2.30. The minimum absolute atomic E-state index is 0.149. The molecule has 0 aromatic heterocycles. The molecule has 0 radical (unpaired) electrons. The van der Waals surface area contributed by atoms with Gasteiger partial charge < -0.3 is 15.0 Å². The number of hydrogen-bond acceptors (Lipinski definition) is 3. The van der Waals surface area contributed by atoms with E-state index in [1.165, 1.54) is 10.5 Å². The first-order valence-electron chi connectivity index (χ1n) is 9.46. The van der Waals surface area contributed by atoms with Gasteiger partial charge in [0.15, 0.2) is 6.61 Å². The number of carbonyl (C=O) groups excluding carboxylic acids is 2. The molecule has 0 aliphatic carbocycles. The number of aryl methyl sites for hydroxylation is 1. The van der Waals surface area contributed by atoms with E-state index in [1.807, 2.05) is 49.4 Å². The standard InChI is InChI=1S/C22H27ClN2O3/c1-4-16-10-12-18(13-11-16)28-15-21(26)25(20(5-2)22(27)24-3)14-17-8-6-7-9-19(17)23/h6-13,20H,4-5,14-15H2,1-3H3,(H,24,27). The first-order valence-corrected chi connectivity index (χ1v) is 9.84. The fraction of sp³-hybridized carbons (Fsp3) is 0.364. The third-order valence-corrected chi connectivity index (χ3v) is 4.99. The molecule has 2 rings (SSSR count). The number of nitrogens with one attached hydrogen (secondary N) is 1. The first-order chi connectivity index (χ1) is 13.5. The molecule has 0 spiro atoms. The van der Waals surface area contributed by atoms with Gasteiger partial charge in [-0.15, -0.1) is 0 Å². The van der Waals surface area contributed by atoms with Gasteiger partial charge in [-0.2, -0.15) is 0 Å². The Morgan fingerprint density at radius 3 is 2.36 bits per heavy atom. The quantitative estimate of drug-likeness (QED) is 0.693. The smallest absolute Gasteiger partial charge is 0.261 e. The van der Waals surface area contributed by atoms with Gasteiger partial charge in [0.1, 0.15) is 11.8 Å². The van der Waals surface area contributed by atoms with E-state index in [0.29, 0.717) is 17.2 Å². The van der Waals surface area contributed by atoms with Crippen LogP contribution in [0.3, 0.4) is 0 Å². The van der Waals surface area contributed by atoms with E-state index in [1.54, 1.807) is 13.1 Å². The minimum Gasteiger partial charge on any atom is -0.484 e. The maximum atomic E-state index is 13.0. The van der Waals surface area contributed by atoms with Crippen molar-refractivity contribution >= 4 is 23.4 Å². The maximum Gasteiger partial charge on any atom is 0.261 e. The Kier molecular flexibility index (Phi) is 8.33. The van der Waals surface area contributed by atoms with Crippen LogP contribution in [0.15, 0.2) is 48.5 Å². The summed E-state index contributed by atoms with van der Waals surface area (Å²) in [5, 5.41) is 3.19. The van der Waals surface area contributed by atoms with Gasteiger partial charge in [-0.1, -0.05) is 55.8 Å². The van der Waals surface area contributed by atoms with E-state index in [-0.39, 0.29) is 25.0 Å². The molecule has 150 valence electrons. The summed E-state index contributed by atoms with van der Waals surface area (Å²) in [5.41, 5.74) is 1.98. The van der Waals surface area contributed by atoms with Crippen LogP contribution in [0.25, 0.3) is 0 Å². The Morgan fingerprint density at radius 2 is 1.79 bits per heavy atom. The zero-order valence-electron chi connectivity index (χ0n) is 16.6. The summed E-state index contributed by atoms with van der Waals surface area (Å²) in [7, 11) is 1.56. The van der Waals surface area contributed by atoms with E-state index < -0.39 is 6.04 Å². The molecule has 2 amide bonds. The zero-order valence-corrected chi connectivity index (χ0v) is 17.3. The second-order valence-electron chi connectivity index (χ2n) is 6.44. The van der Waals surface area contributed by atoms with Crippen molar-refractivity contribution in [3.8, 4) is 5.75 Å². The monoisotopic (exact) mass is 402 g/mol. The van der Waals surface area contributed by atoms with Crippen LogP contribution in [-0.2, 0) is 22.6 Å². The Bertz CT molecular complexity index is 793. The normalized spacial score (nSPS) is 11.6. The predicted molar refractivity (Wildman–Crippen MR) is 111 cm³/mol. The molecule has 0 aliphatic heterocycles. The number of rotatable bonds is 9. The van der Waals surface area contributed by atoms with E-state index in [2.05, 4.69) is 12.2 Å². The topological polar surface area (TPSA) is 58.6 Å². The SMILES string of the molecule is CCc1ccc(OCC(=O)N(Cc2ccccc2Cl)C(CC)C(=O)NC)cc1. The van der Waals surface area contributed by atoms with E-state index in [9.17, 15) is 9.59 Å². The van der Waals surface area contributed by atoms with Gasteiger partial charge in [0.05, 0.1) is 0 Å². The summed E-state index contributed by atoms with van der Waals surface area (Å²) >= 11 is 6.27. The summed E-state index contributed by atoms with van der Waals surface area (Å²) in [6.45, 7) is 4.04. The van der Waals surface area contributed by atoms with E-state index in [0.717, 1.165) is 12.0 Å². The molecule has 0 aliphatic rings. The van der Waals surface area contributed by atoms with Gasteiger partial charge in [0.2, 0.25) is 5.91 Å². The van der Waals surface area contributed by atoms with Gasteiger partial charge in [-0.05, 0) is 42.2 Å². The zero-order chi connectivity index (χ0) is 20.5. The molecule has 2 aromatic rings. The highest BCUT2D eigenvalue weighted by Gasteiger charge is 2.28. The molecule has 1 atom stereocenters. The highest BCUT2D eigenvalue weighted by molar-refractivity contribution is 6.31. The van der Waals surface area contributed by atoms with Crippen LogP contribution in [-0.4, -0.2) is 36.4 Å². The number of likely N-dealkylation sites (N-methyl/N-ethyl adjacent to an activating group) is 1. The Morgan fingerprint density at radius 1 is 1.11 bits per heavy atom. The average Bonchev–Trinajstić information content (AvgIpc) is 2.73. The number of nitrogens with zero attached hydrogens (tertiary/aromatic N) is 1. The van der Waals surface area contributed by atoms with Crippen molar-refractivity contribution in [3.05, 3.63) is 64.7 Å². The van der Waals surface area contributed by atoms with Crippen LogP contribution in [0.2, 0.25) is 5.02 Å². The molecule has 28 heavy (non-hydrogen) atoms. The predicted octanol–water partition coefficient (Wildman–Crippen LogP) is 3.83. The van der Waals surface area contributed by atoms with Crippen LogP contribution in [0.4, 0.5) is 0 Å². The van der Waals surface area contributed by atoms with Crippen molar-refractivity contribution < 1.29 is 14.3 Å². The molecular formula is C22H27ClN2O3. The number of halogens is 1. The summed E-state index contributed by atoms with van der Waals surface area (Å²) in [4.78, 5) is 26.8. The molecule has 5 nitrogen and oxygen atoms in total. The Labute approximate surface area is 171 Å². The molecule has 6 heteroatoms. The van der Waals surface area contributed by atoms with Gasteiger partial charge in [-0.25, -0.2) is 0 Å². The molecule has 0 bridgehead atoms. The lowest BCUT2D eigenvalue weighted by molar-refractivity contribution is -0.142. The Balaban J connectivity index is 2.17. The van der Waals surface area contributed by atoms with Crippen LogP contribution >= 0.6 is 11.6 Å². The third-order valence-electron chi connectivity index (χ3n) is 4.62. The molecule has 0 heterocycles. The molecule has 0 saturated heterocycles. The highest BCUT2D eigenvalue weighted by Crippen LogP contribution is 2.20. The number of amides is 2. The largest absolute Gasteiger partial charge is 0.484 e. The summed E-state index contributed by atoms with van der Waals surface area (Å²) in [5.74, 6) is 0.140. The van der Waals surface area contributed by atoms with Gasteiger partial charge in [-0.3, -0.25) is 9.59 Å². The van der Waals surface area contributed by atoms with E-state index >= 15 is 0 Å². The fourth-order valence-electron chi connectivity index (χ4n) is 2.95. The average molecular weight is 403 g/mol. The van der Waals surface area contributed by atoms with E-state index in [4.69, 9.17) is 16.3 Å². The molecule has 1 unspecified atom stereocenters. The van der Waals surface area contributed by atoms with Crippen molar-refractivity contribution in [1.29, 1.82) is 0 Å². The number of hydrogen-bond donors (Lipinski definition) is 1. The molecular weight excluding hydrogens is 376 g/mol. The molecule has 0 saturated carbocycles. The lowest BCUT2D eigenvalue weighted by atomic mass is 10.1. The second kappa shape index (κ2) is 10.7. The summed E-state index contributed by atoms with van der Waals surface area (Å²) in [6.07, 6.45) is 1.43. The highest BCUT2D eigenvalue weighted by atomic mass is 35.5. The first kappa shape index (κ1) is 21.8. The van der Waals surface area contributed by atoms with Crippen LogP contribution in [0.5, 0.6) is 5.75 Å². The third kappa shape index (κ3) is 5.73. The van der Waals surface area contributed by atoms with Gasteiger partial charge in [0.25, 0.3) is 5.91 Å². The molecule has 0 fully saturated rings. The molecule has 1 N–H and O–H groups in total. The van der Waals surface area contributed by atoms with Crippen molar-refractivity contribution in [1.82, 2.24) is 10.2 Å². The van der Waals surface area contributed by atoms with Crippen molar-refractivity contribution in [2.24, 2.45) is 0 Å². The summed E-state index contributed by atoms with van der Waals surface area (Å²) < 4.78 is 5.67. The minimum atomic E-state index is -0.597. The molecule has 2 aromatic carbocycles.